The average Bonchev–Trinajstić information content (AvgIpc) is 3.35. The Kier molecular flexibility index (Phi) is 9.45. The number of carbonyl (C=O) groups is 1. The summed E-state index contributed by atoms with van der Waals surface area (Å²) >= 11 is 12.4. The quantitative estimate of drug-likeness (QED) is 0.187. The number of aliphatic carboxylic acids is 1. The largest absolute Gasteiger partial charge is 0.499 e. The SMILES string of the molecule is CCn1cc(-c2ccc(Cl)cc2Cl)nc1Cc1ccc(-c2ccc(OCC[C@@](N)(C(=O)O)S(=O)(=O)C(F)(F)F)cc2)cc1. The number of carboxylic acid groups (broad SMARTS) is 1. The van der Waals surface area contributed by atoms with Gasteiger partial charge in [-0.15, -0.1) is 0 Å². The van der Waals surface area contributed by atoms with Crippen LogP contribution in [0, 0.1) is 0 Å². The fourth-order valence-electron chi connectivity index (χ4n) is 4.32. The van der Waals surface area contributed by atoms with Gasteiger partial charge in [0.05, 0.1) is 17.3 Å². The van der Waals surface area contributed by atoms with E-state index in [2.05, 4.69) is 4.57 Å². The summed E-state index contributed by atoms with van der Waals surface area (Å²) in [5.74, 6) is -1.26. The zero-order valence-corrected chi connectivity index (χ0v) is 24.9. The van der Waals surface area contributed by atoms with Crippen LogP contribution in [0.4, 0.5) is 13.2 Å². The third-order valence-electron chi connectivity index (χ3n) is 6.80. The van der Waals surface area contributed by atoms with Gasteiger partial charge in [0.15, 0.2) is 0 Å². The van der Waals surface area contributed by atoms with Crippen molar-refractivity contribution < 1.29 is 36.2 Å². The minimum absolute atomic E-state index is 0.195. The number of ether oxygens (including phenoxy) is 1. The topological polar surface area (TPSA) is 125 Å². The van der Waals surface area contributed by atoms with Crippen LogP contribution >= 0.6 is 23.2 Å². The summed E-state index contributed by atoms with van der Waals surface area (Å²) in [5, 5.41) is 10.2. The van der Waals surface area contributed by atoms with Crippen molar-refractivity contribution >= 4 is 39.0 Å². The molecule has 14 heteroatoms. The average molecular weight is 657 g/mol. The first kappa shape index (κ1) is 32.3. The molecule has 228 valence electrons. The molecule has 43 heavy (non-hydrogen) atoms. The summed E-state index contributed by atoms with van der Waals surface area (Å²) in [6.07, 6.45) is 1.42. The minimum atomic E-state index is -6.19. The summed E-state index contributed by atoms with van der Waals surface area (Å²) < 4.78 is 69.5. The van der Waals surface area contributed by atoms with Gasteiger partial charge in [-0.25, -0.2) is 18.2 Å². The van der Waals surface area contributed by atoms with Gasteiger partial charge in [-0.2, -0.15) is 13.2 Å². The van der Waals surface area contributed by atoms with Crippen LogP contribution < -0.4 is 10.5 Å². The predicted molar refractivity (Wildman–Crippen MR) is 158 cm³/mol. The van der Waals surface area contributed by atoms with E-state index in [-0.39, 0.29) is 5.75 Å². The predicted octanol–water partition coefficient (Wildman–Crippen LogP) is 6.58. The van der Waals surface area contributed by atoms with E-state index in [1.807, 2.05) is 43.5 Å². The van der Waals surface area contributed by atoms with Crippen LogP contribution in [0.3, 0.4) is 0 Å². The molecule has 3 aromatic carbocycles. The second-order valence-corrected chi connectivity index (χ2v) is 12.6. The summed E-state index contributed by atoms with van der Waals surface area (Å²) in [7, 11) is -6.19. The van der Waals surface area contributed by atoms with Crippen LogP contribution in [0.1, 0.15) is 24.7 Å². The van der Waals surface area contributed by atoms with Gasteiger partial charge < -0.3 is 20.1 Å². The Balaban J connectivity index is 1.41. The highest BCUT2D eigenvalue weighted by molar-refractivity contribution is 7.94. The first-order chi connectivity index (χ1) is 20.2. The normalized spacial score (nSPS) is 13.5. The Morgan fingerprint density at radius 3 is 2.16 bits per heavy atom. The molecular weight excluding hydrogens is 630 g/mol. The lowest BCUT2D eigenvalue weighted by molar-refractivity contribution is -0.141. The molecule has 0 aliphatic rings. The van der Waals surface area contributed by atoms with Crippen LogP contribution in [-0.4, -0.2) is 46.0 Å². The molecule has 0 unspecified atom stereocenters. The third kappa shape index (κ3) is 6.82. The van der Waals surface area contributed by atoms with Crippen LogP contribution in [0.2, 0.25) is 10.0 Å². The highest BCUT2D eigenvalue weighted by Gasteiger charge is 2.62. The van der Waals surface area contributed by atoms with Gasteiger partial charge in [0.25, 0.3) is 9.84 Å². The number of imidazole rings is 1. The van der Waals surface area contributed by atoms with E-state index >= 15 is 0 Å². The van der Waals surface area contributed by atoms with Crippen molar-refractivity contribution in [2.24, 2.45) is 5.73 Å². The molecule has 1 aromatic heterocycles. The lowest BCUT2D eigenvalue weighted by Crippen LogP contribution is -2.59. The summed E-state index contributed by atoms with van der Waals surface area (Å²) in [5.41, 5.74) is 3.61. The van der Waals surface area contributed by atoms with Crippen molar-refractivity contribution in [3.8, 4) is 28.1 Å². The van der Waals surface area contributed by atoms with E-state index in [9.17, 15) is 26.4 Å². The Morgan fingerprint density at radius 1 is 1.02 bits per heavy atom. The van der Waals surface area contributed by atoms with Crippen molar-refractivity contribution in [3.05, 3.63) is 94.4 Å². The number of sulfone groups is 1. The molecule has 4 aromatic rings. The zero-order valence-electron chi connectivity index (χ0n) is 22.6. The third-order valence-corrected chi connectivity index (χ3v) is 9.29. The van der Waals surface area contributed by atoms with E-state index in [0.29, 0.717) is 16.5 Å². The number of benzene rings is 3. The smallest absolute Gasteiger partial charge is 0.493 e. The Hall–Kier alpha value is -3.58. The molecule has 1 atom stereocenters. The molecule has 0 saturated heterocycles. The number of nitrogens with two attached hydrogens (primary N) is 1. The standard InChI is InChI=1S/C29H26Cl2F3N3O5S/c1-2-37-17-25(23-12-9-21(30)16-24(23)31)36-26(37)15-18-3-5-19(6-4-18)20-7-10-22(11-8-20)42-14-13-28(35,27(38)39)43(40,41)29(32,33)34/h3-12,16-17H,2,13-15,35H2,1H3,(H,38,39)/t28-/m0/s1. The first-order valence-corrected chi connectivity index (χ1v) is 15.1. The monoisotopic (exact) mass is 655 g/mol. The van der Waals surface area contributed by atoms with Gasteiger partial charge in [0, 0.05) is 36.2 Å². The molecule has 0 aliphatic carbocycles. The maximum absolute atomic E-state index is 12.9. The second-order valence-electron chi connectivity index (χ2n) is 9.59. The molecule has 0 radical (unpaired) electrons. The first-order valence-electron chi connectivity index (χ1n) is 12.8. The summed E-state index contributed by atoms with van der Waals surface area (Å²) in [4.78, 5) is 12.5. The van der Waals surface area contributed by atoms with Gasteiger partial charge in [-0.1, -0.05) is 59.6 Å². The zero-order chi connectivity index (χ0) is 31.6. The number of rotatable bonds is 11. The van der Waals surface area contributed by atoms with E-state index in [0.717, 1.165) is 40.3 Å². The van der Waals surface area contributed by atoms with E-state index in [4.69, 9.17) is 43.8 Å². The molecule has 3 N–H and O–H groups in total. The number of halogens is 5. The Labute approximate surface area is 255 Å². The van der Waals surface area contributed by atoms with Gasteiger partial charge in [0.1, 0.15) is 11.6 Å². The van der Waals surface area contributed by atoms with Crippen LogP contribution in [0.5, 0.6) is 5.75 Å². The Bertz CT molecular complexity index is 1730. The van der Waals surface area contributed by atoms with Crippen molar-refractivity contribution in [2.75, 3.05) is 6.61 Å². The highest BCUT2D eigenvalue weighted by atomic mass is 35.5. The molecule has 0 amide bonds. The molecule has 1 heterocycles. The molecule has 4 rings (SSSR count). The van der Waals surface area contributed by atoms with E-state index < -0.39 is 39.2 Å². The highest BCUT2D eigenvalue weighted by Crippen LogP contribution is 2.34. The number of aromatic nitrogens is 2. The number of hydrogen-bond donors (Lipinski definition) is 2. The molecule has 0 spiro atoms. The lowest BCUT2D eigenvalue weighted by atomic mass is 10.0. The van der Waals surface area contributed by atoms with Crippen LogP contribution in [0.25, 0.3) is 22.4 Å². The van der Waals surface area contributed by atoms with Gasteiger partial charge in [-0.3, -0.25) is 0 Å². The summed E-state index contributed by atoms with van der Waals surface area (Å²) in [6, 6.07) is 19.5. The second kappa shape index (κ2) is 12.6. The maximum atomic E-state index is 12.9. The van der Waals surface area contributed by atoms with E-state index in [1.54, 1.807) is 24.3 Å². The maximum Gasteiger partial charge on any atom is 0.499 e. The van der Waals surface area contributed by atoms with Crippen LogP contribution in [0.15, 0.2) is 72.9 Å². The fraction of sp³-hybridized carbons (Fsp3) is 0.241. The van der Waals surface area contributed by atoms with Gasteiger partial charge in [-0.05, 0) is 53.9 Å². The number of hydrogen-bond acceptors (Lipinski definition) is 6. The molecule has 0 aliphatic heterocycles. The molecule has 0 saturated carbocycles. The number of nitrogens with zero attached hydrogens (tertiary/aromatic N) is 2. The number of carboxylic acids is 1. The summed E-state index contributed by atoms with van der Waals surface area (Å²) in [6.45, 7) is 2.07. The number of alkyl halides is 3. The minimum Gasteiger partial charge on any atom is -0.493 e. The fourth-order valence-corrected chi connectivity index (χ4v) is 5.82. The molecule has 0 fully saturated rings. The van der Waals surface area contributed by atoms with Crippen molar-refractivity contribution in [1.29, 1.82) is 0 Å². The van der Waals surface area contributed by atoms with E-state index in [1.165, 1.54) is 12.1 Å². The van der Waals surface area contributed by atoms with Crippen molar-refractivity contribution in [2.45, 2.75) is 36.7 Å². The van der Waals surface area contributed by atoms with Gasteiger partial charge in [0.2, 0.25) is 4.87 Å². The molecular formula is C29H26Cl2F3N3O5S. The Morgan fingerprint density at radius 2 is 1.63 bits per heavy atom. The lowest BCUT2D eigenvalue weighted by Gasteiger charge is -2.25. The number of aryl methyl sites for hydroxylation is 1. The molecule has 0 bridgehead atoms. The van der Waals surface area contributed by atoms with Gasteiger partial charge >= 0.3 is 11.5 Å². The van der Waals surface area contributed by atoms with Crippen molar-refractivity contribution in [3.63, 3.8) is 0 Å². The van der Waals surface area contributed by atoms with Crippen molar-refractivity contribution in [1.82, 2.24) is 9.55 Å². The molecule has 8 nitrogen and oxygen atoms in total. The van der Waals surface area contributed by atoms with Crippen LogP contribution in [-0.2, 0) is 27.6 Å².